The van der Waals surface area contributed by atoms with Gasteiger partial charge in [-0.15, -0.1) is 0 Å². The predicted molar refractivity (Wildman–Crippen MR) is 125 cm³/mol. The van der Waals surface area contributed by atoms with Crippen LogP contribution in [0.25, 0.3) is 0 Å². The van der Waals surface area contributed by atoms with Gasteiger partial charge in [0.1, 0.15) is 0 Å². The third kappa shape index (κ3) is 4.59. The van der Waals surface area contributed by atoms with Crippen molar-refractivity contribution >= 4 is 0 Å². The standard InChI is InChI=1S/C27H50N2/c1-24(2,3)26(6)12-16-29(17-13-26)23-18-22(23)19-25(4,5)27(7)10-14-28(15-11-27)20-21-8-9-21/h21-23H,8-20H2,1-7H3. The summed E-state index contributed by atoms with van der Waals surface area (Å²) in [6.45, 7) is 24.5. The zero-order chi connectivity index (χ0) is 21.1. The van der Waals surface area contributed by atoms with Gasteiger partial charge in [0.25, 0.3) is 0 Å². The van der Waals surface area contributed by atoms with E-state index in [4.69, 9.17) is 0 Å². The van der Waals surface area contributed by atoms with Crippen LogP contribution in [0.2, 0.25) is 0 Å². The molecule has 0 bridgehead atoms. The maximum Gasteiger partial charge on any atom is 0.0127 e. The van der Waals surface area contributed by atoms with Crippen LogP contribution in [-0.4, -0.2) is 48.6 Å². The molecular weight excluding hydrogens is 352 g/mol. The number of hydrogen-bond donors (Lipinski definition) is 0. The molecule has 0 aromatic rings. The van der Waals surface area contributed by atoms with Crippen LogP contribution in [0.5, 0.6) is 0 Å². The SMILES string of the molecule is CC(C)(C)C1(C)CCN(C2CC2CC(C)(C)C2(C)CCN(CC3CC3)CC2)CC1. The smallest absolute Gasteiger partial charge is 0.0127 e. The quantitative estimate of drug-likeness (QED) is 0.503. The number of rotatable bonds is 6. The minimum Gasteiger partial charge on any atom is -0.303 e. The second-order valence-electron chi connectivity index (χ2n) is 13.8. The molecule has 4 rings (SSSR count). The fourth-order valence-electron chi connectivity index (χ4n) is 6.47. The molecule has 4 aliphatic rings. The first-order valence-electron chi connectivity index (χ1n) is 12.9. The third-order valence-corrected chi connectivity index (χ3v) is 10.6. The number of piperidine rings is 2. The Morgan fingerprint density at radius 2 is 1.34 bits per heavy atom. The summed E-state index contributed by atoms with van der Waals surface area (Å²) in [6.07, 6.45) is 11.5. The summed E-state index contributed by atoms with van der Waals surface area (Å²) >= 11 is 0. The highest BCUT2D eigenvalue weighted by Gasteiger charge is 2.51. The summed E-state index contributed by atoms with van der Waals surface area (Å²) in [7, 11) is 0. The third-order valence-electron chi connectivity index (χ3n) is 10.6. The van der Waals surface area contributed by atoms with Gasteiger partial charge in [-0.1, -0.05) is 48.5 Å². The lowest BCUT2D eigenvalue weighted by Crippen LogP contribution is -2.47. The van der Waals surface area contributed by atoms with E-state index in [1.807, 2.05) is 0 Å². The fraction of sp³-hybridized carbons (Fsp3) is 1.00. The van der Waals surface area contributed by atoms with E-state index >= 15 is 0 Å². The van der Waals surface area contributed by atoms with Gasteiger partial charge < -0.3 is 9.80 Å². The molecule has 2 unspecified atom stereocenters. The first-order chi connectivity index (χ1) is 13.4. The van der Waals surface area contributed by atoms with Crippen LogP contribution in [0.1, 0.15) is 99.8 Å². The minimum absolute atomic E-state index is 0.437. The van der Waals surface area contributed by atoms with Gasteiger partial charge >= 0.3 is 0 Å². The van der Waals surface area contributed by atoms with E-state index in [0.717, 1.165) is 17.9 Å². The molecule has 2 atom stereocenters. The predicted octanol–water partition coefficient (Wildman–Crippen LogP) is 6.45. The summed E-state index contributed by atoms with van der Waals surface area (Å²) in [5.41, 5.74) is 1.97. The Bertz CT molecular complexity index is 566. The van der Waals surface area contributed by atoms with Crippen molar-refractivity contribution in [3.8, 4) is 0 Å². The van der Waals surface area contributed by atoms with Gasteiger partial charge in [0.2, 0.25) is 0 Å². The molecule has 0 N–H and O–H groups in total. The largest absolute Gasteiger partial charge is 0.303 e. The van der Waals surface area contributed by atoms with Crippen molar-refractivity contribution in [2.45, 2.75) is 106 Å². The topological polar surface area (TPSA) is 6.48 Å². The lowest BCUT2D eigenvalue weighted by Gasteiger charge is -2.50. The van der Waals surface area contributed by atoms with Crippen molar-refractivity contribution in [3.63, 3.8) is 0 Å². The van der Waals surface area contributed by atoms with Crippen LogP contribution in [0.15, 0.2) is 0 Å². The lowest BCUT2D eigenvalue weighted by molar-refractivity contribution is -0.00543. The lowest BCUT2D eigenvalue weighted by atomic mass is 9.59. The summed E-state index contributed by atoms with van der Waals surface area (Å²) in [5.74, 6) is 2.01. The van der Waals surface area contributed by atoms with Crippen molar-refractivity contribution in [3.05, 3.63) is 0 Å². The number of nitrogens with zero attached hydrogens (tertiary/aromatic N) is 2. The second-order valence-corrected chi connectivity index (χ2v) is 13.8. The zero-order valence-corrected chi connectivity index (χ0v) is 20.8. The second kappa shape index (κ2) is 7.51. The molecule has 0 amide bonds. The molecule has 2 heterocycles. The highest BCUT2D eigenvalue weighted by Crippen LogP contribution is 2.56. The van der Waals surface area contributed by atoms with Crippen molar-refractivity contribution in [1.29, 1.82) is 0 Å². The Balaban J connectivity index is 1.26. The molecule has 2 nitrogen and oxygen atoms in total. The Hall–Kier alpha value is -0.0800. The Morgan fingerprint density at radius 1 is 0.793 bits per heavy atom. The van der Waals surface area contributed by atoms with Crippen LogP contribution in [-0.2, 0) is 0 Å². The summed E-state index contributed by atoms with van der Waals surface area (Å²) in [6, 6.07) is 0.900. The van der Waals surface area contributed by atoms with Crippen LogP contribution < -0.4 is 0 Å². The normalized spacial score (nSPS) is 33.6. The van der Waals surface area contributed by atoms with E-state index in [0.29, 0.717) is 21.7 Å². The molecule has 0 aromatic carbocycles. The highest BCUT2D eigenvalue weighted by atomic mass is 15.2. The molecule has 4 fully saturated rings. The van der Waals surface area contributed by atoms with E-state index in [1.54, 1.807) is 0 Å². The van der Waals surface area contributed by atoms with Gasteiger partial charge in [-0.3, -0.25) is 0 Å². The summed E-state index contributed by atoms with van der Waals surface area (Å²) in [4.78, 5) is 5.64. The van der Waals surface area contributed by atoms with Crippen LogP contribution in [0, 0.1) is 33.5 Å². The maximum atomic E-state index is 2.87. The molecule has 2 aliphatic carbocycles. The molecular formula is C27H50N2. The molecule has 0 radical (unpaired) electrons. The van der Waals surface area contributed by atoms with Crippen LogP contribution >= 0.6 is 0 Å². The molecule has 0 aromatic heterocycles. The van der Waals surface area contributed by atoms with Crippen molar-refractivity contribution in [2.75, 3.05) is 32.7 Å². The fourth-order valence-corrected chi connectivity index (χ4v) is 6.47. The molecule has 0 spiro atoms. The first kappa shape index (κ1) is 22.1. The molecule has 2 saturated carbocycles. The molecule has 2 aliphatic heterocycles. The molecule has 2 heteroatoms. The molecule has 29 heavy (non-hydrogen) atoms. The van der Waals surface area contributed by atoms with E-state index < -0.39 is 0 Å². The van der Waals surface area contributed by atoms with Crippen molar-refractivity contribution in [2.24, 2.45) is 33.5 Å². The Morgan fingerprint density at radius 3 is 1.86 bits per heavy atom. The van der Waals surface area contributed by atoms with Gasteiger partial charge in [-0.05, 0) is 111 Å². The minimum atomic E-state index is 0.437. The average molecular weight is 403 g/mol. The van der Waals surface area contributed by atoms with E-state index in [9.17, 15) is 0 Å². The summed E-state index contributed by atoms with van der Waals surface area (Å²) in [5, 5.41) is 0. The van der Waals surface area contributed by atoms with Gasteiger partial charge in [0, 0.05) is 12.6 Å². The van der Waals surface area contributed by atoms with Gasteiger partial charge in [-0.25, -0.2) is 0 Å². The monoisotopic (exact) mass is 402 g/mol. The Labute approximate surface area is 182 Å². The van der Waals surface area contributed by atoms with Gasteiger partial charge in [-0.2, -0.15) is 0 Å². The highest BCUT2D eigenvalue weighted by molar-refractivity contribution is 5.04. The molecule has 2 saturated heterocycles. The number of hydrogen-bond acceptors (Lipinski definition) is 2. The van der Waals surface area contributed by atoms with Crippen LogP contribution in [0.4, 0.5) is 0 Å². The van der Waals surface area contributed by atoms with E-state index in [1.165, 1.54) is 84.1 Å². The maximum absolute atomic E-state index is 2.87. The molecule has 168 valence electrons. The van der Waals surface area contributed by atoms with E-state index in [2.05, 4.69) is 58.3 Å². The number of likely N-dealkylation sites (tertiary alicyclic amines) is 2. The van der Waals surface area contributed by atoms with Crippen molar-refractivity contribution < 1.29 is 0 Å². The first-order valence-corrected chi connectivity index (χ1v) is 12.9. The Kier molecular flexibility index (Phi) is 5.73. The van der Waals surface area contributed by atoms with Gasteiger partial charge in [0.05, 0.1) is 0 Å². The van der Waals surface area contributed by atoms with Crippen molar-refractivity contribution in [1.82, 2.24) is 9.80 Å². The summed E-state index contributed by atoms with van der Waals surface area (Å²) < 4.78 is 0. The zero-order valence-electron chi connectivity index (χ0n) is 20.8. The van der Waals surface area contributed by atoms with Gasteiger partial charge in [0.15, 0.2) is 0 Å². The van der Waals surface area contributed by atoms with Crippen LogP contribution in [0.3, 0.4) is 0 Å². The van der Waals surface area contributed by atoms with E-state index in [-0.39, 0.29) is 0 Å². The average Bonchev–Trinajstić information content (AvgIpc) is 3.54.